The first-order valence-corrected chi connectivity index (χ1v) is 9.50. The molecule has 5 nitrogen and oxygen atoms in total. The van der Waals surface area contributed by atoms with E-state index < -0.39 is 0 Å². The molecule has 0 aromatic heterocycles. The highest BCUT2D eigenvalue weighted by Crippen LogP contribution is 2.17. The monoisotopic (exact) mass is 384 g/mol. The Labute approximate surface area is 167 Å². The van der Waals surface area contributed by atoms with Crippen LogP contribution < -0.4 is 15.6 Å². The second kappa shape index (κ2) is 11.3. The van der Waals surface area contributed by atoms with Crippen molar-refractivity contribution in [2.24, 2.45) is 5.10 Å². The fourth-order valence-corrected chi connectivity index (χ4v) is 2.93. The van der Waals surface area contributed by atoms with Crippen LogP contribution in [0, 0.1) is 0 Å². The van der Waals surface area contributed by atoms with E-state index in [0.29, 0.717) is 11.7 Å². The Morgan fingerprint density at radius 2 is 1.89 bits per heavy atom. The maximum absolute atomic E-state index is 5.19. The van der Waals surface area contributed by atoms with Crippen molar-refractivity contribution in [3.63, 3.8) is 0 Å². The van der Waals surface area contributed by atoms with Crippen molar-refractivity contribution in [2.45, 2.75) is 26.4 Å². The van der Waals surface area contributed by atoms with E-state index in [1.807, 2.05) is 13.0 Å². The summed E-state index contributed by atoms with van der Waals surface area (Å²) < 4.78 is 5.06. The zero-order chi connectivity index (χ0) is 19.5. The van der Waals surface area contributed by atoms with Gasteiger partial charge in [0.1, 0.15) is 0 Å². The molecule has 0 saturated heterocycles. The molecule has 0 aliphatic heterocycles. The Balaban J connectivity index is 1.89. The number of thiocarbonyl (C=S) groups is 1. The second-order valence-corrected chi connectivity index (χ2v) is 6.70. The van der Waals surface area contributed by atoms with Gasteiger partial charge in [0.15, 0.2) is 5.11 Å². The maximum Gasteiger partial charge on any atom is 0.187 e. The maximum atomic E-state index is 5.19. The number of benzene rings is 2. The number of nitrogens with one attached hydrogen (secondary N) is 2. The summed E-state index contributed by atoms with van der Waals surface area (Å²) in [5, 5.41) is 7.76. The van der Waals surface area contributed by atoms with Crippen LogP contribution in [0.3, 0.4) is 0 Å². The third kappa shape index (κ3) is 7.37. The summed E-state index contributed by atoms with van der Waals surface area (Å²) in [6, 6.07) is 19.0. The van der Waals surface area contributed by atoms with Gasteiger partial charge in [-0.05, 0) is 49.3 Å². The molecular weight excluding hydrogens is 356 g/mol. The van der Waals surface area contributed by atoms with Gasteiger partial charge < -0.3 is 15.0 Å². The zero-order valence-corrected chi connectivity index (χ0v) is 17.0. The lowest BCUT2D eigenvalue weighted by Crippen LogP contribution is -2.40. The Kier molecular flexibility index (Phi) is 8.74. The molecule has 0 unspecified atom stereocenters. The molecular formula is C21H28N4OS. The van der Waals surface area contributed by atoms with Crippen molar-refractivity contribution in [2.75, 3.05) is 25.2 Å². The van der Waals surface area contributed by atoms with E-state index >= 15 is 0 Å². The van der Waals surface area contributed by atoms with Crippen LogP contribution in [0.2, 0.25) is 0 Å². The van der Waals surface area contributed by atoms with Crippen LogP contribution in [0.5, 0.6) is 0 Å². The van der Waals surface area contributed by atoms with E-state index in [4.69, 9.17) is 17.0 Å². The number of rotatable bonds is 9. The van der Waals surface area contributed by atoms with E-state index in [1.54, 1.807) is 13.3 Å². The van der Waals surface area contributed by atoms with Crippen LogP contribution in [-0.4, -0.2) is 37.6 Å². The molecule has 0 amide bonds. The number of methoxy groups -OCH3 is 1. The molecule has 2 aromatic carbocycles. The van der Waals surface area contributed by atoms with Crippen LogP contribution in [0.15, 0.2) is 59.7 Å². The third-order valence-corrected chi connectivity index (χ3v) is 4.24. The van der Waals surface area contributed by atoms with Crippen LogP contribution in [0.25, 0.3) is 0 Å². The van der Waals surface area contributed by atoms with Gasteiger partial charge in [0.05, 0.1) is 12.8 Å². The highest BCUT2D eigenvalue weighted by molar-refractivity contribution is 7.80. The quantitative estimate of drug-likeness (QED) is 0.393. The largest absolute Gasteiger partial charge is 0.383 e. The number of anilines is 1. The summed E-state index contributed by atoms with van der Waals surface area (Å²) in [6.07, 6.45) is 1.76. The average molecular weight is 385 g/mol. The minimum absolute atomic E-state index is 0.133. The summed E-state index contributed by atoms with van der Waals surface area (Å²) in [7, 11) is 1.66. The molecule has 144 valence electrons. The molecule has 0 aliphatic carbocycles. The van der Waals surface area contributed by atoms with Gasteiger partial charge >= 0.3 is 0 Å². The van der Waals surface area contributed by atoms with Crippen LogP contribution in [0.1, 0.15) is 25.0 Å². The highest BCUT2D eigenvalue weighted by Gasteiger charge is 2.05. The van der Waals surface area contributed by atoms with Crippen molar-refractivity contribution >= 4 is 29.2 Å². The Bertz CT molecular complexity index is 719. The predicted molar refractivity (Wildman–Crippen MR) is 117 cm³/mol. The molecule has 27 heavy (non-hydrogen) atoms. The first-order chi connectivity index (χ1) is 13.1. The standard InChI is InChI=1S/C21H28N4OS/c1-4-25(15-19-8-6-5-7-9-19)20-12-10-18(11-13-20)14-22-24-21(27)23-17(2)16-26-3/h5-14,17H,4,15-16H2,1-3H3,(H2,23,24,27)/b22-14-/t17-/m1/s1. The second-order valence-electron chi connectivity index (χ2n) is 6.29. The molecule has 0 aliphatic rings. The fraction of sp³-hybridized carbons (Fsp3) is 0.333. The molecule has 1 atom stereocenters. The number of hydrogen-bond acceptors (Lipinski definition) is 4. The molecule has 0 bridgehead atoms. The Morgan fingerprint density at radius 1 is 1.19 bits per heavy atom. The van der Waals surface area contributed by atoms with Gasteiger partial charge in [-0.1, -0.05) is 42.5 Å². The zero-order valence-electron chi connectivity index (χ0n) is 16.2. The van der Waals surface area contributed by atoms with Gasteiger partial charge in [-0.2, -0.15) is 5.10 Å². The smallest absolute Gasteiger partial charge is 0.187 e. The molecule has 6 heteroatoms. The lowest BCUT2D eigenvalue weighted by Gasteiger charge is -2.23. The van der Waals surface area contributed by atoms with Crippen molar-refractivity contribution in [3.05, 3.63) is 65.7 Å². The fourth-order valence-electron chi connectivity index (χ4n) is 2.67. The third-order valence-electron chi connectivity index (χ3n) is 4.03. The van der Waals surface area contributed by atoms with E-state index in [2.05, 4.69) is 76.2 Å². The normalized spacial score (nSPS) is 12.0. The van der Waals surface area contributed by atoms with Crippen LogP contribution in [-0.2, 0) is 11.3 Å². The molecule has 0 radical (unpaired) electrons. The minimum atomic E-state index is 0.133. The van der Waals surface area contributed by atoms with E-state index in [9.17, 15) is 0 Å². The van der Waals surface area contributed by atoms with Gasteiger partial charge in [0.25, 0.3) is 0 Å². The molecule has 0 heterocycles. The van der Waals surface area contributed by atoms with Crippen molar-refractivity contribution in [1.82, 2.24) is 10.7 Å². The molecule has 0 spiro atoms. The number of ether oxygens (including phenoxy) is 1. The van der Waals surface area contributed by atoms with Gasteiger partial charge in [-0.25, -0.2) is 0 Å². The number of hydrogen-bond donors (Lipinski definition) is 2. The topological polar surface area (TPSA) is 48.9 Å². The molecule has 2 N–H and O–H groups in total. The Hall–Kier alpha value is -2.44. The number of nitrogens with zero attached hydrogens (tertiary/aromatic N) is 2. The summed E-state index contributed by atoms with van der Waals surface area (Å²) in [5.74, 6) is 0. The molecule has 0 fully saturated rings. The SMILES string of the molecule is CCN(Cc1ccccc1)c1ccc(/C=N\NC(=S)N[C@H](C)COC)cc1. The lowest BCUT2D eigenvalue weighted by molar-refractivity contribution is 0.179. The summed E-state index contributed by atoms with van der Waals surface area (Å²) in [4.78, 5) is 2.34. The lowest BCUT2D eigenvalue weighted by atomic mass is 10.1. The summed E-state index contributed by atoms with van der Waals surface area (Å²) in [6.45, 7) is 6.59. The van der Waals surface area contributed by atoms with Crippen LogP contribution in [0.4, 0.5) is 5.69 Å². The van der Waals surface area contributed by atoms with Gasteiger partial charge in [-0.15, -0.1) is 0 Å². The first kappa shape index (κ1) is 20.9. The van der Waals surface area contributed by atoms with E-state index in [-0.39, 0.29) is 6.04 Å². The minimum Gasteiger partial charge on any atom is -0.383 e. The van der Waals surface area contributed by atoms with E-state index in [1.165, 1.54) is 11.3 Å². The Morgan fingerprint density at radius 3 is 2.52 bits per heavy atom. The summed E-state index contributed by atoms with van der Waals surface area (Å²) in [5.41, 5.74) is 6.33. The van der Waals surface area contributed by atoms with Gasteiger partial charge in [0.2, 0.25) is 0 Å². The van der Waals surface area contributed by atoms with Gasteiger partial charge in [0, 0.05) is 31.9 Å². The first-order valence-electron chi connectivity index (χ1n) is 9.09. The number of hydrazone groups is 1. The molecule has 2 rings (SSSR count). The van der Waals surface area contributed by atoms with E-state index in [0.717, 1.165) is 18.7 Å². The average Bonchev–Trinajstić information content (AvgIpc) is 2.67. The molecule has 2 aromatic rings. The van der Waals surface area contributed by atoms with Crippen molar-refractivity contribution in [3.8, 4) is 0 Å². The molecule has 0 saturated carbocycles. The van der Waals surface area contributed by atoms with Crippen LogP contribution >= 0.6 is 12.2 Å². The predicted octanol–water partition coefficient (Wildman–Crippen LogP) is 3.55. The summed E-state index contributed by atoms with van der Waals surface area (Å²) >= 11 is 5.19. The highest BCUT2D eigenvalue weighted by atomic mass is 32.1. The van der Waals surface area contributed by atoms with Crippen molar-refractivity contribution < 1.29 is 4.74 Å². The van der Waals surface area contributed by atoms with Crippen molar-refractivity contribution in [1.29, 1.82) is 0 Å². The van der Waals surface area contributed by atoms with Gasteiger partial charge in [-0.3, -0.25) is 5.43 Å².